The van der Waals surface area contributed by atoms with E-state index >= 15 is 0 Å². The summed E-state index contributed by atoms with van der Waals surface area (Å²) in [5.41, 5.74) is 5.02. The van der Waals surface area contributed by atoms with E-state index in [0.29, 0.717) is 11.8 Å². The molecule has 0 atom stereocenters. The Morgan fingerprint density at radius 3 is 1.74 bits per heavy atom. The van der Waals surface area contributed by atoms with Crippen LogP contribution in [0.25, 0.3) is 11.1 Å². The van der Waals surface area contributed by atoms with Crippen molar-refractivity contribution < 1.29 is 4.39 Å². The van der Waals surface area contributed by atoms with Crippen molar-refractivity contribution >= 4 is 0 Å². The van der Waals surface area contributed by atoms with E-state index in [1.807, 2.05) is 12.1 Å². The summed E-state index contributed by atoms with van der Waals surface area (Å²) in [6.45, 7) is 8.88. The van der Waals surface area contributed by atoms with E-state index < -0.39 is 0 Å². The van der Waals surface area contributed by atoms with Crippen LogP contribution >= 0.6 is 0 Å². The van der Waals surface area contributed by atoms with E-state index in [4.69, 9.17) is 0 Å². The summed E-state index contributed by atoms with van der Waals surface area (Å²) >= 11 is 0. The van der Waals surface area contributed by atoms with Gasteiger partial charge in [-0.3, -0.25) is 0 Å². The van der Waals surface area contributed by atoms with Gasteiger partial charge in [0, 0.05) is 0 Å². The lowest BCUT2D eigenvalue weighted by atomic mass is 9.88. The van der Waals surface area contributed by atoms with E-state index in [1.165, 1.54) is 23.3 Å². The third kappa shape index (κ3) is 3.04. The lowest BCUT2D eigenvalue weighted by Crippen LogP contribution is -1.99. The molecule has 0 saturated heterocycles. The van der Waals surface area contributed by atoms with Gasteiger partial charge in [-0.15, -0.1) is 0 Å². The van der Waals surface area contributed by atoms with Crippen LogP contribution in [0, 0.1) is 5.82 Å². The van der Waals surface area contributed by atoms with Gasteiger partial charge in [-0.2, -0.15) is 0 Å². The summed E-state index contributed by atoms with van der Waals surface area (Å²) in [6, 6.07) is 13.3. The molecule has 0 radical (unpaired) electrons. The van der Waals surface area contributed by atoms with Crippen LogP contribution in [0.15, 0.2) is 42.5 Å². The molecule has 0 aliphatic carbocycles. The molecule has 0 N–H and O–H groups in total. The molecule has 0 bridgehead atoms. The topological polar surface area (TPSA) is 0 Å². The summed E-state index contributed by atoms with van der Waals surface area (Å²) < 4.78 is 13.0. The molecule has 0 aliphatic rings. The predicted octanol–water partition coefficient (Wildman–Crippen LogP) is 5.74. The van der Waals surface area contributed by atoms with Crippen LogP contribution in [0.4, 0.5) is 4.39 Å². The fourth-order valence-corrected chi connectivity index (χ4v) is 2.42. The molecule has 2 aromatic carbocycles. The second-order valence-electron chi connectivity index (χ2n) is 5.66. The molecule has 1 heteroatoms. The maximum Gasteiger partial charge on any atom is 0.123 e. The molecule has 0 spiro atoms. The van der Waals surface area contributed by atoms with Gasteiger partial charge in [-0.05, 0) is 46.2 Å². The zero-order valence-electron chi connectivity index (χ0n) is 12.1. The van der Waals surface area contributed by atoms with E-state index in [-0.39, 0.29) is 5.82 Å². The first kappa shape index (κ1) is 13.8. The lowest BCUT2D eigenvalue weighted by Gasteiger charge is -2.17. The molecule has 0 fully saturated rings. The van der Waals surface area contributed by atoms with Crippen molar-refractivity contribution in [3.8, 4) is 11.1 Å². The first-order valence-corrected chi connectivity index (χ1v) is 6.89. The molecule has 2 rings (SSSR count). The molecule has 0 aliphatic heterocycles. The van der Waals surface area contributed by atoms with Crippen molar-refractivity contribution in [3.63, 3.8) is 0 Å². The fraction of sp³-hybridized carbons (Fsp3) is 0.333. The largest absolute Gasteiger partial charge is 0.207 e. The van der Waals surface area contributed by atoms with Gasteiger partial charge >= 0.3 is 0 Å². The molecule has 100 valence electrons. The maximum absolute atomic E-state index is 13.0. The average molecular weight is 256 g/mol. The van der Waals surface area contributed by atoms with Gasteiger partial charge in [-0.25, -0.2) is 4.39 Å². The number of rotatable bonds is 3. The Balaban J connectivity index is 2.49. The van der Waals surface area contributed by atoms with Crippen molar-refractivity contribution in [2.24, 2.45) is 0 Å². The highest BCUT2D eigenvalue weighted by atomic mass is 19.1. The Morgan fingerprint density at radius 2 is 1.21 bits per heavy atom. The Bertz CT molecular complexity index is 550. The Hall–Kier alpha value is -1.63. The van der Waals surface area contributed by atoms with Crippen LogP contribution in [0.3, 0.4) is 0 Å². The molecule has 0 aromatic heterocycles. The van der Waals surface area contributed by atoms with Crippen LogP contribution in [0.5, 0.6) is 0 Å². The van der Waals surface area contributed by atoms with Crippen LogP contribution in [0.1, 0.15) is 50.7 Å². The van der Waals surface area contributed by atoms with Gasteiger partial charge in [0.2, 0.25) is 0 Å². The summed E-state index contributed by atoms with van der Waals surface area (Å²) in [5.74, 6) is 0.837. The van der Waals surface area contributed by atoms with Crippen LogP contribution < -0.4 is 0 Å². The van der Waals surface area contributed by atoms with Gasteiger partial charge in [-0.1, -0.05) is 58.0 Å². The van der Waals surface area contributed by atoms with Gasteiger partial charge in [0.05, 0.1) is 0 Å². The molecule has 0 heterocycles. The normalized spacial score (nSPS) is 11.3. The van der Waals surface area contributed by atoms with Gasteiger partial charge in [0.25, 0.3) is 0 Å². The van der Waals surface area contributed by atoms with E-state index in [2.05, 4.69) is 45.9 Å². The van der Waals surface area contributed by atoms with Gasteiger partial charge < -0.3 is 0 Å². The third-order valence-electron chi connectivity index (χ3n) is 3.51. The van der Waals surface area contributed by atoms with Crippen LogP contribution in [0.2, 0.25) is 0 Å². The molecular formula is C18H21F. The Morgan fingerprint density at radius 1 is 0.684 bits per heavy atom. The SMILES string of the molecule is CC(C)c1ccc(-c2ccc(F)cc2)cc1C(C)C. The quantitative estimate of drug-likeness (QED) is 0.657. The highest BCUT2D eigenvalue weighted by molar-refractivity contribution is 5.65. The summed E-state index contributed by atoms with van der Waals surface area (Å²) in [7, 11) is 0. The van der Waals surface area contributed by atoms with E-state index in [9.17, 15) is 4.39 Å². The van der Waals surface area contributed by atoms with Crippen molar-refractivity contribution in [2.75, 3.05) is 0 Å². The monoisotopic (exact) mass is 256 g/mol. The second kappa shape index (κ2) is 5.56. The fourth-order valence-electron chi connectivity index (χ4n) is 2.42. The van der Waals surface area contributed by atoms with Gasteiger partial charge in [0.15, 0.2) is 0 Å². The standard InChI is InChI=1S/C18H21F/c1-12(2)17-10-7-15(11-18(17)13(3)4)14-5-8-16(19)9-6-14/h5-13H,1-4H3. The first-order valence-electron chi connectivity index (χ1n) is 6.89. The van der Waals surface area contributed by atoms with Crippen molar-refractivity contribution in [1.82, 2.24) is 0 Å². The number of hydrogen-bond donors (Lipinski definition) is 0. The molecule has 0 unspecified atom stereocenters. The smallest absolute Gasteiger partial charge is 0.123 e. The molecule has 19 heavy (non-hydrogen) atoms. The van der Waals surface area contributed by atoms with E-state index in [1.54, 1.807) is 0 Å². The third-order valence-corrected chi connectivity index (χ3v) is 3.51. The zero-order chi connectivity index (χ0) is 14.0. The maximum atomic E-state index is 13.0. The minimum atomic E-state index is -0.188. The summed E-state index contributed by atoms with van der Waals surface area (Å²) in [6.07, 6.45) is 0. The molecular weight excluding hydrogens is 235 g/mol. The summed E-state index contributed by atoms with van der Waals surface area (Å²) in [4.78, 5) is 0. The van der Waals surface area contributed by atoms with Crippen LogP contribution in [-0.2, 0) is 0 Å². The minimum Gasteiger partial charge on any atom is -0.207 e. The highest BCUT2D eigenvalue weighted by Crippen LogP contribution is 2.30. The van der Waals surface area contributed by atoms with E-state index in [0.717, 1.165) is 11.1 Å². The second-order valence-corrected chi connectivity index (χ2v) is 5.66. The van der Waals surface area contributed by atoms with Crippen molar-refractivity contribution in [1.29, 1.82) is 0 Å². The average Bonchev–Trinajstić information content (AvgIpc) is 2.38. The molecule has 2 aromatic rings. The lowest BCUT2D eigenvalue weighted by molar-refractivity contribution is 0.628. The zero-order valence-corrected chi connectivity index (χ0v) is 12.1. The molecule has 0 nitrogen and oxygen atoms in total. The summed E-state index contributed by atoms with van der Waals surface area (Å²) in [5, 5.41) is 0. The number of hydrogen-bond acceptors (Lipinski definition) is 0. The number of benzene rings is 2. The van der Waals surface area contributed by atoms with Crippen molar-refractivity contribution in [3.05, 3.63) is 59.4 Å². The number of halogens is 1. The Kier molecular flexibility index (Phi) is 4.04. The molecule has 0 saturated carbocycles. The van der Waals surface area contributed by atoms with Crippen LogP contribution in [-0.4, -0.2) is 0 Å². The molecule has 0 amide bonds. The first-order chi connectivity index (χ1) is 8.99. The Labute approximate surface area is 115 Å². The predicted molar refractivity (Wildman–Crippen MR) is 80.0 cm³/mol. The van der Waals surface area contributed by atoms with Gasteiger partial charge in [0.1, 0.15) is 5.82 Å². The highest BCUT2D eigenvalue weighted by Gasteiger charge is 2.11. The minimum absolute atomic E-state index is 0.188. The van der Waals surface area contributed by atoms with Crippen molar-refractivity contribution in [2.45, 2.75) is 39.5 Å².